The highest BCUT2D eigenvalue weighted by atomic mass is 35.5. The summed E-state index contributed by atoms with van der Waals surface area (Å²) >= 11 is 7.18. The maximum Gasteiger partial charge on any atom is 0.212 e. The number of rotatable bonds is 6. The molecule has 0 unspecified atom stereocenters. The van der Waals surface area contributed by atoms with E-state index in [1.54, 1.807) is 28.9 Å². The fourth-order valence-electron chi connectivity index (χ4n) is 2.74. The van der Waals surface area contributed by atoms with Gasteiger partial charge in [-0.2, -0.15) is 9.78 Å². The Morgan fingerprint density at radius 3 is 2.61 bits per heavy atom. The van der Waals surface area contributed by atoms with E-state index in [0.717, 1.165) is 5.56 Å². The van der Waals surface area contributed by atoms with Crippen molar-refractivity contribution in [2.75, 3.05) is 0 Å². The van der Waals surface area contributed by atoms with Crippen LogP contribution >= 0.6 is 23.4 Å². The summed E-state index contributed by atoms with van der Waals surface area (Å²) in [6.07, 6.45) is -0.165. The molecule has 1 aliphatic heterocycles. The van der Waals surface area contributed by atoms with E-state index >= 15 is 0 Å². The number of aliphatic carboxylic acids is 1. The first-order chi connectivity index (χ1) is 13.6. The van der Waals surface area contributed by atoms with Gasteiger partial charge in [0.25, 0.3) is 0 Å². The zero-order chi connectivity index (χ0) is 19.5. The zero-order valence-electron chi connectivity index (χ0n) is 14.5. The summed E-state index contributed by atoms with van der Waals surface area (Å²) in [5.41, 5.74) is 1.47. The lowest BCUT2D eigenvalue weighted by molar-refractivity contribution is -0.305. The number of halogens is 1. The van der Waals surface area contributed by atoms with Gasteiger partial charge >= 0.3 is 0 Å². The smallest absolute Gasteiger partial charge is 0.212 e. The normalized spacial score (nSPS) is 15.6. The molecule has 2 heterocycles. The quantitative estimate of drug-likeness (QED) is 0.616. The van der Waals surface area contributed by atoms with E-state index in [-0.39, 0.29) is 13.0 Å². The molecule has 0 spiro atoms. The zero-order valence-corrected chi connectivity index (χ0v) is 16.1. The number of ether oxygens (including phenoxy) is 1. The Bertz CT molecular complexity index is 1020. The molecule has 1 aliphatic rings. The van der Waals surface area contributed by atoms with Crippen molar-refractivity contribution < 1.29 is 14.6 Å². The Hall–Kier alpha value is -2.84. The Morgan fingerprint density at radius 1 is 1.14 bits per heavy atom. The fourth-order valence-corrected chi connectivity index (χ4v) is 3.96. The second-order valence-electron chi connectivity index (χ2n) is 5.99. The van der Waals surface area contributed by atoms with Gasteiger partial charge in [-0.1, -0.05) is 53.7 Å². The predicted octanol–water partition coefficient (Wildman–Crippen LogP) is 2.38. The van der Waals surface area contributed by atoms with Gasteiger partial charge in [0, 0.05) is 17.4 Å². The van der Waals surface area contributed by atoms with Gasteiger partial charge in [0.05, 0.1) is 11.0 Å². The molecule has 0 bridgehead atoms. The van der Waals surface area contributed by atoms with E-state index in [0.29, 0.717) is 27.5 Å². The van der Waals surface area contributed by atoms with Crippen LogP contribution in [0.5, 0.6) is 5.75 Å². The lowest BCUT2D eigenvalue weighted by Gasteiger charge is -2.23. The minimum absolute atomic E-state index is 0.159. The second kappa shape index (κ2) is 8.04. The molecule has 0 saturated heterocycles. The molecule has 1 atom stereocenters. The molecule has 28 heavy (non-hydrogen) atoms. The van der Waals surface area contributed by atoms with Crippen LogP contribution in [0.25, 0.3) is 0 Å². The number of nitrogens with zero attached hydrogens (tertiary/aromatic N) is 4. The van der Waals surface area contributed by atoms with Crippen LogP contribution in [-0.2, 0) is 11.4 Å². The summed E-state index contributed by atoms with van der Waals surface area (Å²) in [5.74, 6) is 0.0190. The molecule has 3 aromatic rings. The summed E-state index contributed by atoms with van der Waals surface area (Å²) in [4.78, 5) is 11.2. The van der Waals surface area contributed by atoms with Gasteiger partial charge in [0.15, 0.2) is 5.82 Å². The molecule has 4 rings (SSSR count). The van der Waals surface area contributed by atoms with Gasteiger partial charge in [-0.15, -0.1) is 10.2 Å². The largest absolute Gasteiger partial charge is 0.550 e. The summed E-state index contributed by atoms with van der Waals surface area (Å²) < 4.78 is 7.33. The Labute approximate surface area is 170 Å². The van der Waals surface area contributed by atoms with E-state index in [1.165, 1.54) is 11.8 Å². The molecule has 7 nitrogen and oxygen atoms in total. The monoisotopic (exact) mass is 413 g/mol. The molecular weight excluding hydrogens is 400 g/mol. The van der Waals surface area contributed by atoms with Crippen molar-refractivity contribution in [3.8, 4) is 5.75 Å². The maximum absolute atomic E-state index is 11.2. The molecule has 0 radical (unpaired) electrons. The van der Waals surface area contributed by atoms with Gasteiger partial charge in [-0.05, 0) is 29.8 Å². The van der Waals surface area contributed by atoms with E-state index in [1.807, 2.05) is 30.3 Å². The number of carboxylic acid groups (broad SMARTS) is 1. The molecule has 0 aliphatic carbocycles. The Balaban J connectivity index is 1.63. The van der Waals surface area contributed by atoms with E-state index in [2.05, 4.69) is 15.3 Å². The number of aromatic nitrogens is 3. The maximum atomic E-state index is 11.2. The summed E-state index contributed by atoms with van der Waals surface area (Å²) in [6.45, 7) is 0.159. The Kier molecular flexibility index (Phi) is 5.31. The average Bonchev–Trinajstić information content (AvgIpc) is 3.09. The van der Waals surface area contributed by atoms with Crippen LogP contribution in [-0.4, -0.2) is 31.8 Å². The van der Waals surface area contributed by atoms with Crippen molar-refractivity contribution in [1.29, 1.82) is 0 Å². The lowest BCUT2D eigenvalue weighted by Crippen LogP contribution is -2.33. The molecule has 1 aromatic heterocycles. The topological polar surface area (TPSA) is 92.4 Å². The highest BCUT2D eigenvalue weighted by Crippen LogP contribution is 2.32. The third-order valence-electron chi connectivity index (χ3n) is 4.04. The van der Waals surface area contributed by atoms with Crippen molar-refractivity contribution in [2.45, 2.75) is 23.4 Å². The third-order valence-corrected chi connectivity index (χ3v) is 5.43. The van der Waals surface area contributed by atoms with Gasteiger partial charge in [0.1, 0.15) is 12.4 Å². The number of carbonyl (C=O) groups excluding carboxylic acids is 1. The predicted molar refractivity (Wildman–Crippen MR) is 103 cm³/mol. The number of hydrogen-bond donors (Lipinski definition) is 0. The summed E-state index contributed by atoms with van der Waals surface area (Å²) in [7, 11) is 0. The molecule has 142 valence electrons. The van der Waals surface area contributed by atoms with Crippen LogP contribution in [0.2, 0.25) is 5.02 Å². The number of fused-ring (bicyclic) bond motifs is 1. The molecule has 0 N–H and O–H groups in total. The molecule has 0 saturated carbocycles. The first-order valence-corrected chi connectivity index (χ1v) is 9.69. The minimum atomic E-state index is -1.14. The van der Waals surface area contributed by atoms with E-state index in [9.17, 15) is 9.90 Å². The molecule has 0 amide bonds. The molecule has 0 fully saturated rings. The van der Waals surface area contributed by atoms with Gasteiger partial charge in [-0.3, -0.25) is 0 Å². The van der Waals surface area contributed by atoms with Crippen molar-refractivity contribution in [2.24, 2.45) is 5.10 Å². The third kappa shape index (κ3) is 4.02. The van der Waals surface area contributed by atoms with Gasteiger partial charge < -0.3 is 14.6 Å². The molecule has 9 heteroatoms. The Morgan fingerprint density at radius 2 is 1.89 bits per heavy atom. The van der Waals surface area contributed by atoms with E-state index in [4.69, 9.17) is 16.3 Å². The van der Waals surface area contributed by atoms with Crippen molar-refractivity contribution in [3.05, 3.63) is 71.0 Å². The SMILES string of the molecule is O=C([O-])C[C@@H]1Sc2nnc(COc3ccc(Cl)cc3)n2N=C1c1ccccc1. The summed E-state index contributed by atoms with van der Waals surface area (Å²) in [6, 6.07) is 16.4. The van der Waals surface area contributed by atoms with Gasteiger partial charge in [0.2, 0.25) is 5.16 Å². The van der Waals surface area contributed by atoms with Crippen LogP contribution in [0.3, 0.4) is 0 Å². The van der Waals surface area contributed by atoms with Crippen molar-refractivity contribution >= 4 is 35.0 Å². The second-order valence-corrected chi connectivity index (χ2v) is 7.59. The highest BCUT2D eigenvalue weighted by molar-refractivity contribution is 8.00. The summed E-state index contributed by atoms with van der Waals surface area (Å²) in [5, 5.41) is 24.8. The number of thioether (sulfide) groups is 1. The average molecular weight is 414 g/mol. The lowest BCUT2D eigenvalue weighted by atomic mass is 10.1. The standard InChI is InChI=1S/C19H15ClN4O3S/c20-13-6-8-14(9-7-13)27-11-16-21-22-19-24(16)23-18(12-4-2-1-3-5-12)15(28-19)10-17(25)26/h1-9,15H,10-11H2,(H,25,26)/p-1/t15-/m0/s1. The minimum Gasteiger partial charge on any atom is -0.550 e. The number of benzene rings is 2. The van der Waals surface area contributed by atoms with Crippen LogP contribution in [0.15, 0.2) is 64.9 Å². The first-order valence-electron chi connectivity index (χ1n) is 8.43. The van der Waals surface area contributed by atoms with Crippen LogP contribution in [0.4, 0.5) is 0 Å². The number of carboxylic acids is 1. The first kappa shape index (κ1) is 18.5. The van der Waals surface area contributed by atoms with Gasteiger partial charge in [-0.25, -0.2) is 0 Å². The highest BCUT2D eigenvalue weighted by Gasteiger charge is 2.29. The van der Waals surface area contributed by atoms with Crippen LogP contribution in [0, 0.1) is 0 Å². The number of hydrogen-bond acceptors (Lipinski definition) is 7. The van der Waals surface area contributed by atoms with Crippen molar-refractivity contribution in [1.82, 2.24) is 14.9 Å². The number of carbonyl (C=O) groups is 1. The molecular formula is C19H14ClN4O3S-. The van der Waals surface area contributed by atoms with Crippen LogP contribution in [0.1, 0.15) is 17.8 Å². The van der Waals surface area contributed by atoms with Crippen LogP contribution < -0.4 is 9.84 Å². The molecule has 2 aromatic carbocycles. The fraction of sp³-hybridized carbons (Fsp3) is 0.158. The van der Waals surface area contributed by atoms with Crippen molar-refractivity contribution in [3.63, 3.8) is 0 Å². The van der Waals surface area contributed by atoms with E-state index < -0.39 is 11.2 Å².